The molecule has 0 radical (unpaired) electrons. The van der Waals surface area contributed by atoms with E-state index in [0.29, 0.717) is 5.71 Å². The molecule has 0 amide bonds. The minimum absolute atomic E-state index is 0.638. The normalized spacial score (nSPS) is 11.8. The number of pyridine rings is 5. The zero-order valence-electron chi connectivity index (χ0n) is 36.4. The summed E-state index contributed by atoms with van der Waals surface area (Å²) < 4.78 is 6.16. The Balaban J connectivity index is 0.838. The lowest BCUT2D eigenvalue weighted by atomic mass is 9.99. The second kappa shape index (κ2) is 15.1. The van der Waals surface area contributed by atoms with Gasteiger partial charge in [-0.3, -0.25) is 19.9 Å². The molecule has 0 bridgehead atoms. The van der Waals surface area contributed by atoms with Crippen molar-refractivity contribution in [3.8, 4) is 33.5 Å². The predicted octanol–water partition coefficient (Wildman–Crippen LogP) is 16.0. The Kier molecular flexibility index (Phi) is 8.45. The van der Waals surface area contributed by atoms with Crippen LogP contribution in [0.25, 0.3) is 121 Å². The van der Waals surface area contributed by atoms with E-state index in [2.05, 4.69) is 179 Å². The third-order valence-electron chi connectivity index (χ3n) is 13.3. The lowest BCUT2D eigenvalue weighted by molar-refractivity contribution is 0.654. The van der Waals surface area contributed by atoms with Crippen LogP contribution in [0.2, 0.25) is 0 Å². The molecule has 0 saturated carbocycles. The molecule has 316 valence electrons. The molecule has 0 aliphatic carbocycles. The van der Waals surface area contributed by atoms with E-state index in [1.54, 1.807) is 0 Å². The molecule has 0 fully saturated rings. The molecule has 0 aliphatic heterocycles. The largest absolute Gasteiger partial charge is 0.438 e. The van der Waals surface area contributed by atoms with Gasteiger partial charge in [-0.2, -0.15) is 0 Å². The van der Waals surface area contributed by atoms with Gasteiger partial charge in [0.05, 0.1) is 27.8 Å². The van der Waals surface area contributed by atoms with Crippen molar-refractivity contribution in [2.24, 2.45) is 0 Å². The molecular formula is C61H36N6O. The first-order chi connectivity index (χ1) is 33.6. The quantitative estimate of drug-likeness (QED) is 0.154. The van der Waals surface area contributed by atoms with Crippen molar-refractivity contribution in [3.63, 3.8) is 0 Å². The monoisotopic (exact) mass is 868 g/mol. The van der Waals surface area contributed by atoms with Gasteiger partial charge in [-0.25, -0.2) is 4.98 Å². The van der Waals surface area contributed by atoms with Crippen LogP contribution in [-0.2, 0) is 0 Å². The Bertz CT molecular complexity index is 4150. The number of fused-ring (bicyclic) bond motifs is 11. The van der Waals surface area contributed by atoms with Crippen LogP contribution in [0.5, 0.6) is 0 Å². The highest BCUT2D eigenvalue weighted by Gasteiger charge is 2.17. The summed E-state index contributed by atoms with van der Waals surface area (Å²) in [6.45, 7) is 0. The van der Waals surface area contributed by atoms with Crippen LogP contribution in [0.1, 0.15) is 0 Å². The van der Waals surface area contributed by atoms with Crippen molar-refractivity contribution in [3.05, 3.63) is 219 Å². The van der Waals surface area contributed by atoms with Crippen molar-refractivity contribution < 1.29 is 4.42 Å². The fourth-order valence-electron chi connectivity index (χ4n) is 9.89. The van der Waals surface area contributed by atoms with Crippen LogP contribution in [0.15, 0.2) is 223 Å². The second-order valence-electron chi connectivity index (χ2n) is 17.4. The topological polar surface area (TPSA) is 80.8 Å². The summed E-state index contributed by atoms with van der Waals surface area (Å²) in [4.78, 5) is 26.3. The number of para-hydroxylation sites is 1. The lowest BCUT2D eigenvalue weighted by Crippen LogP contribution is -2.10. The Morgan fingerprint density at radius 1 is 0.324 bits per heavy atom. The molecule has 0 spiro atoms. The third-order valence-corrected chi connectivity index (χ3v) is 13.3. The maximum atomic E-state index is 6.16. The summed E-state index contributed by atoms with van der Waals surface area (Å²) in [6, 6.07) is 68.6. The minimum Gasteiger partial charge on any atom is -0.438 e. The van der Waals surface area contributed by atoms with E-state index >= 15 is 0 Å². The van der Waals surface area contributed by atoms with Crippen LogP contribution in [0.3, 0.4) is 0 Å². The number of anilines is 3. The Hall–Kier alpha value is -9.33. The first-order valence-electron chi connectivity index (χ1n) is 22.7. The van der Waals surface area contributed by atoms with Crippen LogP contribution >= 0.6 is 0 Å². The van der Waals surface area contributed by atoms with Gasteiger partial charge in [-0.1, -0.05) is 103 Å². The van der Waals surface area contributed by atoms with Crippen molar-refractivity contribution >= 4 is 104 Å². The average molecular weight is 869 g/mol. The molecule has 0 N–H and O–H groups in total. The minimum atomic E-state index is 0.638. The number of hydrogen-bond acceptors (Lipinski definition) is 7. The number of furan rings is 1. The van der Waals surface area contributed by atoms with Gasteiger partial charge in [0.15, 0.2) is 0 Å². The van der Waals surface area contributed by atoms with E-state index in [1.165, 1.54) is 0 Å². The fourth-order valence-corrected chi connectivity index (χ4v) is 9.89. The molecule has 68 heavy (non-hydrogen) atoms. The summed E-state index contributed by atoms with van der Waals surface area (Å²) in [5, 5.41) is 11.0. The SMILES string of the molecule is c1cnc2c(c1)ccc1cc(-c3ccc4cc(N(c5ccc(-c6ccc7c(n6)oc6ccccc67)cc5)c5ccc6cc(-c7cnc8c(ccc9cccnc98)c7)ccc6c5)ccc4c3)cnc12. The van der Waals surface area contributed by atoms with Gasteiger partial charge >= 0.3 is 0 Å². The summed E-state index contributed by atoms with van der Waals surface area (Å²) in [5.41, 5.74) is 14.5. The van der Waals surface area contributed by atoms with E-state index in [9.17, 15) is 0 Å². The molecule has 0 aliphatic rings. The molecule has 7 nitrogen and oxygen atoms in total. The summed E-state index contributed by atoms with van der Waals surface area (Å²) in [5.74, 6) is 0. The zero-order chi connectivity index (χ0) is 44.7. The second-order valence-corrected chi connectivity index (χ2v) is 17.4. The van der Waals surface area contributed by atoms with E-state index in [0.717, 1.165) is 132 Å². The Morgan fingerprint density at radius 3 is 1.43 bits per heavy atom. The van der Waals surface area contributed by atoms with Crippen LogP contribution in [0.4, 0.5) is 17.1 Å². The smallest absolute Gasteiger partial charge is 0.227 e. The summed E-state index contributed by atoms with van der Waals surface area (Å²) >= 11 is 0. The Labute approximate surface area is 389 Å². The molecule has 6 heterocycles. The van der Waals surface area contributed by atoms with E-state index in [-0.39, 0.29) is 0 Å². The molecule has 14 rings (SSSR count). The highest BCUT2D eigenvalue weighted by molar-refractivity contribution is 6.06. The standard InChI is InChI=1S/C61H36N6O/c1-2-8-56-53(7-1)54-25-26-55(66-61(54)68-56)37-17-21-50(22-18-37)67(51-23-19-40-29-42(11-13-44(40)33-51)48-31-46-15-9-38-5-3-27-62-57(38)59(46)64-35-48)52-24-20-41-30-43(12-14-45(41)34-52)49-32-47-16-10-39-6-4-28-63-58(39)60(47)65-36-49/h1-36H. The van der Waals surface area contributed by atoms with Crippen molar-refractivity contribution in [2.45, 2.75) is 0 Å². The fraction of sp³-hybridized carbons (Fsp3) is 0. The van der Waals surface area contributed by atoms with E-state index in [1.807, 2.05) is 55.1 Å². The molecule has 8 aromatic carbocycles. The molecule has 14 aromatic rings. The van der Waals surface area contributed by atoms with Crippen LogP contribution in [0, 0.1) is 0 Å². The number of aromatic nitrogens is 5. The third kappa shape index (κ3) is 6.32. The van der Waals surface area contributed by atoms with Crippen molar-refractivity contribution in [1.82, 2.24) is 24.9 Å². The van der Waals surface area contributed by atoms with Crippen LogP contribution in [-0.4, -0.2) is 24.9 Å². The van der Waals surface area contributed by atoms with Gasteiger partial charge in [0, 0.05) is 90.9 Å². The first kappa shape index (κ1) is 38.0. The van der Waals surface area contributed by atoms with Gasteiger partial charge in [0.25, 0.3) is 0 Å². The average Bonchev–Trinajstić information content (AvgIpc) is 3.78. The van der Waals surface area contributed by atoms with Gasteiger partial charge in [-0.05, 0) is 124 Å². The highest BCUT2D eigenvalue weighted by atomic mass is 16.3. The molecular weight excluding hydrogens is 833 g/mol. The van der Waals surface area contributed by atoms with Gasteiger partial charge in [-0.15, -0.1) is 0 Å². The predicted molar refractivity (Wildman–Crippen MR) is 279 cm³/mol. The zero-order valence-corrected chi connectivity index (χ0v) is 36.4. The number of hydrogen-bond donors (Lipinski definition) is 0. The number of benzene rings is 8. The van der Waals surface area contributed by atoms with Gasteiger partial charge in [0.1, 0.15) is 5.58 Å². The summed E-state index contributed by atoms with van der Waals surface area (Å²) in [7, 11) is 0. The molecule has 7 heteroatoms. The highest BCUT2D eigenvalue weighted by Crippen LogP contribution is 2.40. The molecule has 6 aromatic heterocycles. The Morgan fingerprint density at radius 2 is 0.809 bits per heavy atom. The number of nitrogens with zero attached hydrogens (tertiary/aromatic N) is 6. The van der Waals surface area contributed by atoms with Crippen LogP contribution < -0.4 is 4.90 Å². The van der Waals surface area contributed by atoms with Gasteiger partial charge < -0.3 is 9.32 Å². The first-order valence-corrected chi connectivity index (χ1v) is 22.7. The molecule has 0 unspecified atom stereocenters. The molecule has 0 saturated heterocycles. The summed E-state index contributed by atoms with van der Waals surface area (Å²) in [6.07, 6.45) is 7.57. The maximum Gasteiger partial charge on any atom is 0.227 e. The number of rotatable bonds is 6. The van der Waals surface area contributed by atoms with E-state index < -0.39 is 0 Å². The van der Waals surface area contributed by atoms with Crippen molar-refractivity contribution in [2.75, 3.05) is 4.90 Å². The van der Waals surface area contributed by atoms with E-state index in [4.69, 9.17) is 19.4 Å². The van der Waals surface area contributed by atoms with Gasteiger partial charge in [0.2, 0.25) is 5.71 Å². The maximum absolute atomic E-state index is 6.16. The molecule has 0 atom stereocenters. The van der Waals surface area contributed by atoms with Crippen molar-refractivity contribution in [1.29, 1.82) is 0 Å². The lowest BCUT2D eigenvalue weighted by Gasteiger charge is -2.26.